The lowest BCUT2D eigenvalue weighted by Gasteiger charge is -2.35. The van der Waals surface area contributed by atoms with E-state index in [0.717, 1.165) is 12.0 Å². The van der Waals surface area contributed by atoms with Crippen LogP contribution in [0.4, 0.5) is 0 Å². The molecule has 2 aliphatic rings. The summed E-state index contributed by atoms with van der Waals surface area (Å²) in [7, 11) is 0. The maximum Gasteiger partial charge on any atom is 0.0564 e. The van der Waals surface area contributed by atoms with Crippen LogP contribution < -0.4 is 10.6 Å². The van der Waals surface area contributed by atoms with E-state index in [0.29, 0.717) is 17.3 Å². The smallest absolute Gasteiger partial charge is 0.0564 e. The quantitative estimate of drug-likeness (QED) is 0.699. The molecule has 1 saturated heterocycles. The zero-order chi connectivity index (χ0) is 13.7. The van der Waals surface area contributed by atoms with Crippen molar-refractivity contribution >= 4 is 11.8 Å². The van der Waals surface area contributed by atoms with Crippen LogP contribution >= 0.6 is 11.8 Å². The molecular weight excluding hydrogens is 256 g/mol. The molecule has 0 aromatic rings. The first-order valence-electron chi connectivity index (χ1n) is 7.89. The second-order valence-electron chi connectivity index (χ2n) is 6.17. The van der Waals surface area contributed by atoms with Gasteiger partial charge in [0, 0.05) is 23.4 Å². The largest absolute Gasteiger partial charge is 0.395 e. The van der Waals surface area contributed by atoms with Gasteiger partial charge in [0.2, 0.25) is 0 Å². The van der Waals surface area contributed by atoms with Gasteiger partial charge in [-0.2, -0.15) is 11.8 Å². The molecule has 112 valence electrons. The number of nitrogens with one attached hydrogen (secondary N) is 2. The van der Waals surface area contributed by atoms with Gasteiger partial charge in [-0.15, -0.1) is 0 Å². The van der Waals surface area contributed by atoms with Crippen molar-refractivity contribution in [1.82, 2.24) is 10.6 Å². The van der Waals surface area contributed by atoms with Crippen molar-refractivity contribution in [3.8, 4) is 0 Å². The van der Waals surface area contributed by atoms with Crippen LogP contribution in [-0.4, -0.2) is 47.9 Å². The minimum atomic E-state index is 0.272. The molecule has 1 saturated carbocycles. The van der Waals surface area contributed by atoms with E-state index in [1.807, 2.05) is 0 Å². The predicted octanol–water partition coefficient (Wildman–Crippen LogP) is 2.00. The van der Waals surface area contributed by atoms with Gasteiger partial charge in [-0.3, -0.25) is 0 Å². The zero-order valence-electron chi connectivity index (χ0n) is 12.4. The molecule has 0 radical (unpaired) electrons. The number of aliphatic hydroxyl groups is 1. The fourth-order valence-electron chi connectivity index (χ4n) is 3.80. The topological polar surface area (TPSA) is 44.3 Å². The van der Waals surface area contributed by atoms with E-state index in [9.17, 15) is 5.11 Å². The molecule has 5 unspecified atom stereocenters. The monoisotopic (exact) mass is 286 g/mol. The highest BCUT2D eigenvalue weighted by molar-refractivity contribution is 7.99. The molecule has 0 aromatic heterocycles. The van der Waals surface area contributed by atoms with E-state index in [1.54, 1.807) is 11.8 Å². The summed E-state index contributed by atoms with van der Waals surface area (Å²) in [4.78, 5) is 0. The molecule has 1 aliphatic heterocycles. The molecule has 4 heteroatoms. The van der Waals surface area contributed by atoms with E-state index in [2.05, 4.69) is 23.8 Å². The molecule has 19 heavy (non-hydrogen) atoms. The Kier molecular flexibility index (Phi) is 6.46. The van der Waals surface area contributed by atoms with Gasteiger partial charge in [0.15, 0.2) is 0 Å². The van der Waals surface area contributed by atoms with Gasteiger partial charge >= 0.3 is 0 Å². The number of hydrogen-bond acceptors (Lipinski definition) is 4. The second-order valence-corrected chi connectivity index (χ2v) is 7.25. The summed E-state index contributed by atoms with van der Waals surface area (Å²) in [5.41, 5.74) is 0. The molecule has 0 spiro atoms. The summed E-state index contributed by atoms with van der Waals surface area (Å²) in [6.07, 6.45) is 10.2. The Balaban J connectivity index is 1.87. The van der Waals surface area contributed by atoms with Crippen LogP contribution in [0, 0.1) is 5.92 Å². The minimum absolute atomic E-state index is 0.272. The zero-order valence-corrected chi connectivity index (χ0v) is 13.2. The number of hydrogen-bond donors (Lipinski definition) is 3. The third kappa shape index (κ3) is 4.10. The summed E-state index contributed by atoms with van der Waals surface area (Å²) in [6.45, 7) is 3.70. The van der Waals surface area contributed by atoms with E-state index < -0.39 is 0 Å². The van der Waals surface area contributed by atoms with Gasteiger partial charge in [-0.05, 0) is 51.3 Å². The summed E-state index contributed by atoms with van der Waals surface area (Å²) in [5, 5.41) is 17.3. The van der Waals surface area contributed by atoms with Crippen LogP contribution in [0.2, 0.25) is 0 Å². The van der Waals surface area contributed by atoms with Gasteiger partial charge in [0.25, 0.3) is 0 Å². The normalized spacial score (nSPS) is 35.2. The molecule has 3 N–H and O–H groups in total. The van der Waals surface area contributed by atoms with Crippen molar-refractivity contribution in [2.75, 3.05) is 19.4 Å². The Hall–Kier alpha value is 0.230. The van der Waals surface area contributed by atoms with Crippen LogP contribution in [0.1, 0.15) is 45.4 Å². The SMILES string of the molecule is CSC(CO)C(C)NC1CCCC1C1CCCCN1. The van der Waals surface area contributed by atoms with Gasteiger partial charge < -0.3 is 15.7 Å². The fraction of sp³-hybridized carbons (Fsp3) is 1.00. The van der Waals surface area contributed by atoms with Crippen LogP contribution in [-0.2, 0) is 0 Å². The average Bonchev–Trinajstić information content (AvgIpc) is 2.89. The van der Waals surface area contributed by atoms with Crippen LogP contribution in [0.5, 0.6) is 0 Å². The highest BCUT2D eigenvalue weighted by Gasteiger charge is 2.35. The molecule has 3 nitrogen and oxygen atoms in total. The van der Waals surface area contributed by atoms with Crippen LogP contribution in [0.15, 0.2) is 0 Å². The molecule has 0 aromatic carbocycles. The Labute approximate surface area is 122 Å². The summed E-state index contributed by atoms with van der Waals surface area (Å²) >= 11 is 1.77. The van der Waals surface area contributed by atoms with Gasteiger partial charge in [-0.25, -0.2) is 0 Å². The van der Waals surface area contributed by atoms with Crippen molar-refractivity contribution < 1.29 is 5.11 Å². The molecule has 2 rings (SSSR count). The number of piperidine rings is 1. The van der Waals surface area contributed by atoms with Crippen molar-refractivity contribution in [2.24, 2.45) is 5.92 Å². The molecular formula is C15H30N2OS. The van der Waals surface area contributed by atoms with Crippen molar-refractivity contribution in [3.05, 3.63) is 0 Å². The van der Waals surface area contributed by atoms with Gasteiger partial charge in [0.05, 0.1) is 6.61 Å². The fourth-order valence-corrected chi connectivity index (χ4v) is 4.44. The average molecular weight is 286 g/mol. The number of rotatable bonds is 6. The van der Waals surface area contributed by atoms with E-state index in [-0.39, 0.29) is 6.61 Å². The summed E-state index contributed by atoms with van der Waals surface area (Å²) in [6, 6.07) is 1.77. The Morgan fingerprint density at radius 3 is 2.74 bits per heavy atom. The third-order valence-electron chi connectivity index (χ3n) is 4.95. The molecule has 0 bridgehead atoms. The maximum atomic E-state index is 9.41. The van der Waals surface area contributed by atoms with Crippen molar-refractivity contribution in [1.29, 1.82) is 0 Å². The highest BCUT2D eigenvalue weighted by atomic mass is 32.2. The Morgan fingerprint density at radius 2 is 2.11 bits per heavy atom. The molecule has 1 aliphatic carbocycles. The minimum Gasteiger partial charge on any atom is -0.395 e. The third-order valence-corrected chi connectivity index (χ3v) is 6.11. The molecule has 5 atom stereocenters. The first kappa shape index (κ1) is 15.6. The lowest BCUT2D eigenvalue weighted by molar-refractivity contribution is 0.231. The van der Waals surface area contributed by atoms with Crippen molar-refractivity contribution in [2.45, 2.75) is 68.8 Å². The standard InChI is InChI=1S/C15H30N2OS/c1-11(15(10-18)19-2)17-14-8-5-6-12(14)13-7-3-4-9-16-13/h11-18H,3-10H2,1-2H3. The number of thioether (sulfide) groups is 1. The first-order valence-corrected chi connectivity index (χ1v) is 9.18. The second kappa shape index (κ2) is 7.87. The van der Waals surface area contributed by atoms with Crippen LogP contribution in [0.3, 0.4) is 0 Å². The van der Waals surface area contributed by atoms with E-state index >= 15 is 0 Å². The maximum absolute atomic E-state index is 9.41. The van der Waals surface area contributed by atoms with Gasteiger partial charge in [0.1, 0.15) is 0 Å². The highest BCUT2D eigenvalue weighted by Crippen LogP contribution is 2.32. The predicted molar refractivity (Wildman–Crippen MR) is 83.8 cm³/mol. The Morgan fingerprint density at radius 1 is 1.26 bits per heavy atom. The molecule has 0 amide bonds. The van der Waals surface area contributed by atoms with E-state index in [1.165, 1.54) is 45.1 Å². The van der Waals surface area contributed by atoms with Crippen molar-refractivity contribution in [3.63, 3.8) is 0 Å². The van der Waals surface area contributed by atoms with Gasteiger partial charge in [-0.1, -0.05) is 12.8 Å². The lowest BCUT2D eigenvalue weighted by atomic mass is 9.88. The molecule has 2 fully saturated rings. The summed E-state index contributed by atoms with van der Waals surface area (Å²) in [5.74, 6) is 0.795. The summed E-state index contributed by atoms with van der Waals surface area (Å²) < 4.78 is 0. The lowest BCUT2D eigenvalue weighted by Crippen LogP contribution is -2.51. The van der Waals surface area contributed by atoms with Crippen LogP contribution in [0.25, 0.3) is 0 Å². The van der Waals surface area contributed by atoms with E-state index in [4.69, 9.17) is 0 Å². The Bertz CT molecular complexity index is 255. The first-order chi connectivity index (χ1) is 9.26. The molecule has 1 heterocycles. The number of aliphatic hydroxyl groups excluding tert-OH is 1.